The highest BCUT2D eigenvalue weighted by Gasteiger charge is 2.34. The molecule has 1 atom stereocenters. The maximum Gasteiger partial charge on any atom is 0.316 e. The predicted molar refractivity (Wildman–Crippen MR) is 126 cm³/mol. The average molecular weight is 428 g/mol. The molecular formula is C25H21N3O2S. The summed E-state index contributed by atoms with van der Waals surface area (Å²) in [6, 6.07) is 21.3. The maximum atomic E-state index is 12.8. The molecule has 6 heteroatoms. The number of aromatic nitrogens is 1. The molecule has 1 N–H and O–H groups in total. The Morgan fingerprint density at radius 3 is 2.65 bits per heavy atom. The number of fused-ring (bicyclic) bond motifs is 2. The number of thiazole rings is 1. The molecular weight excluding hydrogens is 406 g/mol. The molecule has 1 aliphatic heterocycles. The van der Waals surface area contributed by atoms with Gasteiger partial charge in [0, 0.05) is 23.0 Å². The molecule has 0 saturated carbocycles. The first kappa shape index (κ1) is 19.5. The molecule has 0 aliphatic carbocycles. The number of nitrogens with zero attached hydrogens (tertiary/aromatic N) is 2. The Morgan fingerprint density at radius 1 is 1.06 bits per heavy atom. The Bertz CT molecular complexity index is 1310. The second-order valence-corrected chi connectivity index (χ2v) is 8.91. The molecule has 0 bridgehead atoms. The summed E-state index contributed by atoms with van der Waals surface area (Å²) in [7, 11) is 0. The molecule has 2 heterocycles. The van der Waals surface area contributed by atoms with Gasteiger partial charge in [0.15, 0.2) is 0 Å². The number of carbonyl (C=O) groups excluding carboxylic acids is 2. The number of amides is 2. The highest BCUT2D eigenvalue weighted by molar-refractivity contribution is 7.21. The van der Waals surface area contributed by atoms with Gasteiger partial charge in [-0.3, -0.25) is 9.59 Å². The third-order valence-electron chi connectivity index (χ3n) is 5.55. The Hall–Kier alpha value is -3.51. The summed E-state index contributed by atoms with van der Waals surface area (Å²) in [5.41, 5.74) is 5.65. The lowest BCUT2D eigenvalue weighted by Crippen LogP contribution is -2.43. The van der Waals surface area contributed by atoms with Crippen molar-refractivity contribution in [2.75, 3.05) is 10.2 Å². The second kappa shape index (κ2) is 7.63. The van der Waals surface area contributed by atoms with Crippen LogP contribution in [-0.2, 0) is 16.0 Å². The number of para-hydroxylation sites is 1. The number of rotatable bonds is 2. The Balaban J connectivity index is 1.32. The van der Waals surface area contributed by atoms with Crippen molar-refractivity contribution < 1.29 is 9.59 Å². The van der Waals surface area contributed by atoms with Crippen molar-refractivity contribution >= 4 is 44.7 Å². The standard InChI is InChI=1S/C25H21N3O2S/c1-15-7-12-20-22(13-15)31-24(27-20)17-8-10-19(11-9-17)26-23(29)25(30)28-16(2)14-18-5-3-4-6-21(18)28/h3-13,16H,14H2,1-2H3,(H,26,29). The third kappa shape index (κ3) is 3.59. The van der Waals surface area contributed by atoms with E-state index in [9.17, 15) is 9.59 Å². The van der Waals surface area contributed by atoms with Crippen LogP contribution in [0.5, 0.6) is 0 Å². The molecule has 0 radical (unpaired) electrons. The van der Waals surface area contributed by atoms with Crippen LogP contribution in [0, 0.1) is 6.92 Å². The van der Waals surface area contributed by atoms with Crippen LogP contribution in [0.2, 0.25) is 0 Å². The fraction of sp³-hybridized carbons (Fsp3) is 0.160. The van der Waals surface area contributed by atoms with E-state index in [0.717, 1.165) is 38.5 Å². The number of aryl methyl sites for hydroxylation is 1. The van der Waals surface area contributed by atoms with Gasteiger partial charge in [-0.25, -0.2) is 4.98 Å². The van der Waals surface area contributed by atoms with E-state index < -0.39 is 11.8 Å². The van der Waals surface area contributed by atoms with Crippen molar-refractivity contribution in [3.8, 4) is 10.6 Å². The van der Waals surface area contributed by atoms with Gasteiger partial charge in [0.1, 0.15) is 5.01 Å². The molecule has 5 rings (SSSR count). The first-order valence-electron chi connectivity index (χ1n) is 10.2. The summed E-state index contributed by atoms with van der Waals surface area (Å²) in [5, 5.41) is 3.66. The smallest absolute Gasteiger partial charge is 0.316 e. The van der Waals surface area contributed by atoms with Crippen LogP contribution >= 0.6 is 11.3 Å². The number of nitrogens with one attached hydrogen (secondary N) is 1. The van der Waals surface area contributed by atoms with E-state index in [1.54, 1.807) is 28.4 Å². The lowest BCUT2D eigenvalue weighted by Gasteiger charge is -2.22. The molecule has 1 unspecified atom stereocenters. The molecule has 31 heavy (non-hydrogen) atoms. The van der Waals surface area contributed by atoms with E-state index >= 15 is 0 Å². The summed E-state index contributed by atoms with van der Waals surface area (Å²) >= 11 is 1.64. The van der Waals surface area contributed by atoms with E-state index in [0.29, 0.717) is 5.69 Å². The van der Waals surface area contributed by atoms with Gasteiger partial charge in [0.2, 0.25) is 0 Å². The largest absolute Gasteiger partial charge is 0.318 e. The lowest BCUT2D eigenvalue weighted by atomic mass is 10.1. The minimum atomic E-state index is -0.633. The summed E-state index contributed by atoms with van der Waals surface area (Å²) in [4.78, 5) is 31.8. The van der Waals surface area contributed by atoms with E-state index in [4.69, 9.17) is 4.98 Å². The minimum Gasteiger partial charge on any atom is -0.318 e. The van der Waals surface area contributed by atoms with Crippen LogP contribution in [0.1, 0.15) is 18.1 Å². The van der Waals surface area contributed by atoms with Crippen LogP contribution in [-0.4, -0.2) is 22.8 Å². The fourth-order valence-corrected chi connectivity index (χ4v) is 5.09. The highest BCUT2D eigenvalue weighted by Crippen LogP contribution is 2.33. The Labute approximate surface area is 184 Å². The molecule has 3 aromatic carbocycles. The summed E-state index contributed by atoms with van der Waals surface area (Å²) in [5.74, 6) is -1.17. The first-order valence-corrected chi connectivity index (χ1v) is 11.0. The van der Waals surface area contributed by atoms with Crippen molar-refractivity contribution in [3.05, 3.63) is 77.9 Å². The Morgan fingerprint density at radius 2 is 1.84 bits per heavy atom. The zero-order chi connectivity index (χ0) is 21.5. The summed E-state index contributed by atoms with van der Waals surface area (Å²) < 4.78 is 1.15. The van der Waals surface area contributed by atoms with E-state index in [-0.39, 0.29) is 6.04 Å². The van der Waals surface area contributed by atoms with Crippen molar-refractivity contribution in [1.82, 2.24) is 4.98 Å². The van der Waals surface area contributed by atoms with Crippen molar-refractivity contribution in [3.63, 3.8) is 0 Å². The Kier molecular flexibility index (Phi) is 4.79. The van der Waals surface area contributed by atoms with Gasteiger partial charge in [0.05, 0.1) is 10.2 Å². The quantitative estimate of drug-likeness (QED) is 0.448. The maximum absolute atomic E-state index is 12.8. The molecule has 0 fully saturated rings. The van der Waals surface area contributed by atoms with Gasteiger partial charge in [-0.2, -0.15) is 0 Å². The number of hydrogen-bond acceptors (Lipinski definition) is 4. The number of anilines is 2. The average Bonchev–Trinajstić information content (AvgIpc) is 3.33. The molecule has 1 aliphatic rings. The third-order valence-corrected chi connectivity index (χ3v) is 6.62. The van der Waals surface area contributed by atoms with Crippen LogP contribution < -0.4 is 10.2 Å². The second-order valence-electron chi connectivity index (χ2n) is 7.88. The fourth-order valence-electron chi connectivity index (χ4n) is 4.02. The zero-order valence-corrected chi connectivity index (χ0v) is 18.1. The summed E-state index contributed by atoms with van der Waals surface area (Å²) in [6.45, 7) is 4.03. The minimum absolute atomic E-state index is 0.0410. The molecule has 5 nitrogen and oxygen atoms in total. The topological polar surface area (TPSA) is 62.3 Å². The molecule has 0 saturated heterocycles. The highest BCUT2D eigenvalue weighted by atomic mass is 32.1. The zero-order valence-electron chi connectivity index (χ0n) is 17.3. The number of carbonyl (C=O) groups is 2. The molecule has 4 aromatic rings. The molecule has 0 spiro atoms. The normalized spacial score (nSPS) is 15.2. The van der Waals surface area contributed by atoms with Crippen molar-refractivity contribution in [2.24, 2.45) is 0 Å². The van der Waals surface area contributed by atoms with E-state index in [1.807, 2.05) is 49.4 Å². The molecule has 154 valence electrons. The SMILES string of the molecule is Cc1ccc2nc(-c3ccc(NC(=O)C(=O)N4c5ccccc5CC4C)cc3)sc2c1. The lowest BCUT2D eigenvalue weighted by molar-refractivity contribution is -0.134. The van der Waals surface area contributed by atoms with E-state index in [1.165, 1.54) is 5.56 Å². The van der Waals surface area contributed by atoms with Crippen LogP contribution in [0.3, 0.4) is 0 Å². The van der Waals surface area contributed by atoms with Crippen molar-refractivity contribution in [2.45, 2.75) is 26.3 Å². The van der Waals surface area contributed by atoms with Gasteiger partial charge in [-0.05, 0) is 73.9 Å². The molecule has 2 amide bonds. The number of benzene rings is 3. The van der Waals surface area contributed by atoms with E-state index in [2.05, 4.69) is 24.4 Å². The molecule has 1 aromatic heterocycles. The first-order chi connectivity index (χ1) is 15.0. The van der Waals surface area contributed by atoms with Gasteiger partial charge in [-0.1, -0.05) is 24.3 Å². The van der Waals surface area contributed by atoms with Crippen LogP contribution in [0.15, 0.2) is 66.7 Å². The van der Waals surface area contributed by atoms with Gasteiger partial charge in [0.25, 0.3) is 0 Å². The number of hydrogen-bond donors (Lipinski definition) is 1. The van der Waals surface area contributed by atoms with Gasteiger partial charge >= 0.3 is 11.8 Å². The van der Waals surface area contributed by atoms with Crippen LogP contribution in [0.25, 0.3) is 20.8 Å². The van der Waals surface area contributed by atoms with Crippen LogP contribution in [0.4, 0.5) is 11.4 Å². The van der Waals surface area contributed by atoms with Gasteiger partial charge < -0.3 is 10.2 Å². The predicted octanol–water partition coefficient (Wildman–Crippen LogP) is 5.19. The van der Waals surface area contributed by atoms with Crippen molar-refractivity contribution in [1.29, 1.82) is 0 Å². The summed E-state index contributed by atoms with van der Waals surface area (Å²) in [6.07, 6.45) is 0.756. The van der Waals surface area contributed by atoms with Gasteiger partial charge in [-0.15, -0.1) is 11.3 Å². The monoisotopic (exact) mass is 427 g/mol.